The van der Waals surface area contributed by atoms with Crippen molar-refractivity contribution in [3.8, 4) is 0 Å². The number of rotatable bonds is 3. The summed E-state index contributed by atoms with van der Waals surface area (Å²) < 4.78 is 51.1. The van der Waals surface area contributed by atoms with Crippen molar-refractivity contribution in [1.29, 1.82) is 0 Å². The lowest BCUT2D eigenvalue weighted by atomic mass is 10.1. The summed E-state index contributed by atoms with van der Waals surface area (Å²) in [7, 11) is -3.30. The molecule has 0 atom stereocenters. The molecular weight excluding hydrogens is 338 g/mol. The first-order valence-corrected chi connectivity index (χ1v) is 8.66. The molecule has 0 radical (unpaired) electrons. The predicted octanol–water partition coefficient (Wildman–Crippen LogP) is 1.73. The van der Waals surface area contributed by atoms with Gasteiger partial charge in [-0.2, -0.15) is 4.31 Å². The van der Waals surface area contributed by atoms with Gasteiger partial charge in [-0.15, -0.1) is 0 Å². The SMILES string of the molecule is CCS(=O)(=O)N1CCN(C(=O)c2cc(F)c(F)cc2Cl)CC1. The average Bonchev–Trinajstić information content (AvgIpc) is 2.50. The lowest BCUT2D eigenvalue weighted by molar-refractivity contribution is 0.0697. The largest absolute Gasteiger partial charge is 0.336 e. The zero-order valence-corrected chi connectivity index (χ0v) is 13.4. The van der Waals surface area contributed by atoms with Gasteiger partial charge in [0.2, 0.25) is 10.0 Å². The summed E-state index contributed by atoms with van der Waals surface area (Å²) in [6, 6.07) is 1.51. The standard InChI is InChI=1S/C13H15ClF2N2O3S/c1-2-22(20,21)18-5-3-17(4-6-18)13(19)9-7-11(15)12(16)8-10(9)14/h7-8H,2-6H2,1H3. The Morgan fingerprint density at radius 3 is 2.27 bits per heavy atom. The minimum absolute atomic E-state index is 0.00402. The fraction of sp³-hybridized carbons (Fsp3) is 0.462. The first-order chi connectivity index (χ1) is 10.3. The van der Waals surface area contributed by atoms with Gasteiger partial charge in [0.25, 0.3) is 5.91 Å². The van der Waals surface area contributed by atoms with Crippen LogP contribution in [0.4, 0.5) is 8.78 Å². The van der Waals surface area contributed by atoms with Gasteiger partial charge in [-0.05, 0) is 19.1 Å². The van der Waals surface area contributed by atoms with E-state index >= 15 is 0 Å². The molecule has 5 nitrogen and oxygen atoms in total. The van der Waals surface area contributed by atoms with Gasteiger partial charge in [0.15, 0.2) is 11.6 Å². The van der Waals surface area contributed by atoms with Crippen molar-refractivity contribution >= 4 is 27.5 Å². The van der Waals surface area contributed by atoms with Gasteiger partial charge in [-0.25, -0.2) is 17.2 Å². The molecule has 0 aromatic heterocycles. The second kappa shape index (κ2) is 6.47. The zero-order chi connectivity index (χ0) is 16.5. The van der Waals surface area contributed by atoms with Crippen LogP contribution in [0.5, 0.6) is 0 Å². The van der Waals surface area contributed by atoms with E-state index in [1.54, 1.807) is 6.92 Å². The van der Waals surface area contributed by atoms with Gasteiger partial charge < -0.3 is 4.90 Å². The lowest BCUT2D eigenvalue weighted by Gasteiger charge is -2.34. The number of sulfonamides is 1. The van der Waals surface area contributed by atoms with Crippen molar-refractivity contribution in [1.82, 2.24) is 9.21 Å². The number of carbonyl (C=O) groups is 1. The molecule has 0 bridgehead atoms. The predicted molar refractivity (Wildman–Crippen MR) is 78.3 cm³/mol. The second-order valence-corrected chi connectivity index (χ2v) is 7.50. The smallest absolute Gasteiger partial charge is 0.255 e. The molecule has 1 aromatic rings. The maximum Gasteiger partial charge on any atom is 0.255 e. The van der Waals surface area contributed by atoms with Crippen LogP contribution in [-0.4, -0.2) is 55.5 Å². The summed E-state index contributed by atoms with van der Waals surface area (Å²) in [5.41, 5.74) is -0.132. The Morgan fingerprint density at radius 1 is 1.18 bits per heavy atom. The summed E-state index contributed by atoms with van der Waals surface area (Å²) in [6.45, 7) is 2.24. The van der Waals surface area contributed by atoms with E-state index in [1.165, 1.54) is 9.21 Å². The molecule has 0 unspecified atom stereocenters. The van der Waals surface area contributed by atoms with Crippen LogP contribution < -0.4 is 0 Å². The van der Waals surface area contributed by atoms with Crippen LogP contribution in [-0.2, 0) is 10.0 Å². The van der Waals surface area contributed by atoms with Gasteiger partial charge in [0, 0.05) is 26.2 Å². The Morgan fingerprint density at radius 2 is 1.73 bits per heavy atom. The fourth-order valence-corrected chi connectivity index (χ4v) is 3.52. The van der Waals surface area contributed by atoms with E-state index in [9.17, 15) is 22.0 Å². The topological polar surface area (TPSA) is 57.7 Å². The average molecular weight is 353 g/mol. The number of halogens is 3. The Balaban J connectivity index is 2.12. The van der Waals surface area contributed by atoms with Crippen LogP contribution in [0.2, 0.25) is 5.02 Å². The Kier molecular flexibility index (Phi) is 5.03. The van der Waals surface area contributed by atoms with Crippen LogP contribution in [0.3, 0.4) is 0 Å². The van der Waals surface area contributed by atoms with Crippen LogP contribution in [0, 0.1) is 11.6 Å². The maximum absolute atomic E-state index is 13.3. The maximum atomic E-state index is 13.3. The van der Waals surface area contributed by atoms with Crippen molar-refractivity contribution in [3.63, 3.8) is 0 Å². The molecule has 0 aliphatic carbocycles. The van der Waals surface area contributed by atoms with E-state index in [4.69, 9.17) is 11.6 Å². The summed E-state index contributed by atoms with van der Waals surface area (Å²) in [5.74, 6) is -2.83. The quantitative estimate of drug-likeness (QED) is 0.778. The van der Waals surface area contributed by atoms with Crippen LogP contribution >= 0.6 is 11.6 Å². The summed E-state index contributed by atoms with van der Waals surface area (Å²) in [5, 5.41) is -0.174. The van der Waals surface area contributed by atoms with E-state index in [-0.39, 0.29) is 42.5 Å². The Labute approximate surface area is 132 Å². The minimum Gasteiger partial charge on any atom is -0.336 e. The van der Waals surface area contributed by atoms with Gasteiger partial charge in [-0.3, -0.25) is 4.79 Å². The van der Waals surface area contributed by atoms with Crippen LogP contribution in [0.25, 0.3) is 0 Å². The van der Waals surface area contributed by atoms with E-state index < -0.39 is 27.6 Å². The third kappa shape index (κ3) is 3.39. The number of hydrogen-bond donors (Lipinski definition) is 0. The Bertz CT molecular complexity index is 689. The highest BCUT2D eigenvalue weighted by Crippen LogP contribution is 2.22. The van der Waals surface area contributed by atoms with E-state index in [0.717, 1.165) is 12.1 Å². The van der Waals surface area contributed by atoms with Crippen molar-refractivity contribution in [3.05, 3.63) is 34.4 Å². The number of piperazine rings is 1. The number of hydrogen-bond acceptors (Lipinski definition) is 3. The molecule has 1 aliphatic heterocycles. The van der Waals surface area contributed by atoms with Gasteiger partial charge in [-0.1, -0.05) is 11.6 Å². The third-order valence-electron chi connectivity index (χ3n) is 3.52. The highest BCUT2D eigenvalue weighted by atomic mass is 35.5. The highest BCUT2D eigenvalue weighted by Gasteiger charge is 2.29. The van der Waals surface area contributed by atoms with E-state index in [2.05, 4.69) is 0 Å². The normalized spacial score (nSPS) is 16.8. The molecule has 2 rings (SSSR count). The zero-order valence-electron chi connectivity index (χ0n) is 11.9. The van der Waals surface area contributed by atoms with Gasteiger partial charge in [0.1, 0.15) is 0 Å². The molecule has 0 saturated carbocycles. The number of benzene rings is 1. The third-order valence-corrected chi connectivity index (χ3v) is 5.72. The molecule has 0 N–H and O–H groups in total. The van der Waals surface area contributed by atoms with Crippen LogP contribution in [0.15, 0.2) is 12.1 Å². The minimum atomic E-state index is -3.30. The molecular formula is C13H15ClF2N2O3S. The monoisotopic (exact) mass is 352 g/mol. The summed E-state index contributed by atoms with van der Waals surface area (Å²) >= 11 is 5.78. The molecule has 1 aromatic carbocycles. The summed E-state index contributed by atoms with van der Waals surface area (Å²) in [6.07, 6.45) is 0. The molecule has 9 heteroatoms. The van der Waals surface area contributed by atoms with Crippen LogP contribution in [0.1, 0.15) is 17.3 Å². The van der Waals surface area contributed by atoms with Gasteiger partial charge in [0.05, 0.1) is 16.3 Å². The first-order valence-electron chi connectivity index (χ1n) is 6.68. The molecule has 1 heterocycles. The summed E-state index contributed by atoms with van der Waals surface area (Å²) in [4.78, 5) is 13.7. The number of amides is 1. The number of carbonyl (C=O) groups excluding carboxylic acids is 1. The van der Waals surface area contributed by atoms with Crippen molar-refractivity contribution in [2.45, 2.75) is 6.92 Å². The van der Waals surface area contributed by atoms with E-state index in [0.29, 0.717) is 0 Å². The van der Waals surface area contributed by atoms with Crippen molar-refractivity contribution in [2.75, 3.05) is 31.9 Å². The van der Waals surface area contributed by atoms with Crippen molar-refractivity contribution in [2.24, 2.45) is 0 Å². The van der Waals surface area contributed by atoms with Crippen molar-refractivity contribution < 1.29 is 22.0 Å². The molecule has 1 saturated heterocycles. The lowest BCUT2D eigenvalue weighted by Crippen LogP contribution is -2.50. The molecule has 122 valence electrons. The highest BCUT2D eigenvalue weighted by molar-refractivity contribution is 7.89. The molecule has 0 spiro atoms. The molecule has 1 fully saturated rings. The molecule has 1 amide bonds. The van der Waals surface area contributed by atoms with Gasteiger partial charge >= 0.3 is 0 Å². The number of nitrogens with zero attached hydrogens (tertiary/aromatic N) is 2. The Hall–Kier alpha value is -1.25. The molecule has 22 heavy (non-hydrogen) atoms. The second-order valence-electron chi connectivity index (χ2n) is 4.84. The first kappa shape index (κ1) is 17.1. The molecule has 1 aliphatic rings. The van der Waals surface area contributed by atoms with E-state index in [1.807, 2.05) is 0 Å². The fourth-order valence-electron chi connectivity index (χ4n) is 2.21.